The van der Waals surface area contributed by atoms with Crippen molar-refractivity contribution in [2.45, 2.75) is 25.7 Å². The third-order valence-corrected chi connectivity index (χ3v) is 3.54. The number of hydrogen-bond donors (Lipinski definition) is 2. The van der Waals surface area contributed by atoms with E-state index in [4.69, 9.17) is 5.73 Å². The van der Waals surface area contributed by atoms with Crippen LogP contribution in [0.5, 0.6) is 0 Å². The Balaban J connectivity index is 1.64. The topological polar surface area (TPSA) is 38.0 Å². The molecule has 0 aliphatic heterocycles. The monoisotopic (exact) mass is 168 g/mol. The first kappa shape index (κ1) is 8.52. The molecule has 0 spiro atoms. The molecular formula is C10H20N2. The molecule has 2 fully saturated rings. The molecule has 0 radical (unpaired) electrons. The van der Waals surface area contributed by atoms with Crippen LogP contribution in [-0.2, 0) is 0 Å². The summed E-state index contributed by atoms with van der Waals surface area (Å²) in [7, 11) is 0. The zero-order chi connectivity index (χ0) is 8.39. The molecule has 2 saturated carbocycles. The van der Waals surface area contributed by atoms with Gasteiger partial charge in [-0.25, -0.2) is 0 Å². The van der Waals surface area contributed by atoms with Crippen molar-refractivity contribution in [2.24, 2.45) is 23.5 Å². The molecule has 12 heavy (non-hydrogen) atoms. The zero-order valence-electron chi connectivity index (χ0n) is 7.76. The minimum Gasteiger partial charge on any atom is -0.329 e. The highest BCUT2D eigenvalue weighted by atomic mass is 14.9. The highest BCUT2D eigenvalue weighted by molar-refractivity contribution is 4.99. The molecule has 70 valence electrons. The predicted molar refractivity (Wildman–Crippen MR) is 50.9 cm³/mol. The van der Waals surface area contributed by atoms with Crippen molar-refractivity contribution < 1.29 is 0 Å². The molecule has 0 bridgehead atoms. The third kappa shape index (κ3) is 1.64. The second-order valence-corrected chi connectivity index (χ2v) is 4.27. The summed E-state index contributed by atoms with van der Waals surface area (Å²) in [5.74, 6) is 3.19. The van der Waals surface area contributed by atoms with Gasteiger partial charge >= 0.3 is 0 Å². The van der Waals surface area contributed by atoms with E-state index in [2.05, 4.69) is 5.32 Å². The van der Waals surface area contributed by atoms with Crippen LogP contribution in [0.1, 0.15) is 25.7 Å². The maximum atomic E-state index is 5.42. The predicted octanol–water partition coefficient (Wildman–Crippen LogP) is 0.971. The van der Waals surface area contributed by atoms with E-state index in [1.165, 1.54) is 32.2 Å². The Bertz CT molecular complexity index is 135. The summed E-state index contributed by atoms with van der Waals surface area (Å²) in [6.07, 6.45) is 5.96. The van der Waals surface area contributed by atoms with Gasteiger partial charge in [0.05, 0.1) is 0 Å². The maximum Gasteiger partial charge on any atom is 0.00746 e. The summed E-state index contributed by atoms with van der Waals surface area (Å²) in [6.45, 7) is 3.00. The molecule has 0 aromatic carbocycles. The van der Waals surface area contributed by atoms with Crippen LogP contribution in [0.2, 0.25) is 0 Å². The first-order valence-electron chi connectivity index (χ1n) is 5.34. The van der Waals surface area contributed by atoms with Gasteiger partial charge in [0, 0.05) is 13.1 Å². The maximum absolute atomic E-state index is 5.42. The first-order valence-corrected chi connectivity index (χ1v) is 5.34. The van der Waals surface area contributed by atoms with Crippen molar-refractivity contribution in [3.05, 3.63) is 0 Å². The molecule has 0 aromatic heterocycles. The fourth-order valence-electron chi connectivity index (χ4n) is 2.81. The van der Waals surface area contributed by atoms with Crippen LogP contribution in [0.15, 0.2) is 0 Å². The molecule has 2 aliphatic carbocycles. The van der Waals surface area contributed by atoms with Crippen molar-refractivity contribution in [2.75, 3.05) is 19.6 Å². The van der Waals surface area contributed by atoms with Crippen LogP contribution in [-0.4, -0.2) is 19.6 Å². The first-order chi connectivity index (χ1) is 5.93. The normalized spacial score (nSPS) is 39.2. The molecular weight excluding hydrogens is 148 g/mol. The number of hydrogen-bond acceptors (Lipinski definition) is 2. The van der Waals surface area contributed by atoms with Crippen molar-refractivity contribution in [3.63, 3.8) is 0 Å². The smallest absolute Gasteiger partial charge is 0.00746 e. The van der Waals surface area contributed by atoms with Crippen LogP contribution in [0.3, 0.4) is 0 Å². The highest BCUT2D eigenvalue weighted by Crippen LogP contribution is 2.54. The SMILES string of the molecule is NCCNCC1C2CCCCC21. The molecule has 0 heterocycles. The van der Waals surface area contributed by atoms with Gasteiger partial charge in [-0.1, -0.05) is 12.8 Å². The standard InChI is InChI=1S/C10H20N2/c11-5-6-12-7-10-8-3-1-2-4-9(8)10/h8-10,12H,1-7,11H2. The van der Waals surface area contributed by atoms with Crippen LogP contribution < -0.4 is 11.1 Å². The number of nitrogens with two attached hydrogens (primary N) is 1. The molecule has 2 rings (SSSR count). The van der Waals surface area contributed by atoms with E-state index in [1.807, 2.05) is 0 Å². The quantitative estimate of drug-likeness (QED) is 0.614. The summed E-state index contributed by atoms with van der Waals surface area (Å²) in [5, 5.41) is 3.43. The van der Waals surface area contributed by atoms with E-state index in [1.54, 1.807) is 0 Å². The van der Waals surface area contributed by atoms with Gasteiger partial charge in [0.1, 0.15) is 0 Å². The minimum absolute atomic E-state index is 0.780. The lowest BCUT2D eigenvalue weighted by Crippen LogP contribution is -2.24. The summed E-state index contributed by atoms with van der Waals surface area (Å²) in [4.78, 5) is 0. The fraction of sp³-hybridized carbons (Fsp3) is 1.00. The average molecular weight is 168 g/mol. The van der Waals surface area contributed by atoms with E-state index >= 15 is 0 Å². The van der Waals surface area contributed by atoms with Gasteiger partial charge in [-0.3, -0.25) is 0 Å². The molecule has 0 aromatic rings. The van der Waals surface area contributed by atoms with Crippen molar-refractivity contribution in [1.29, 1.82) is 0 Å². The molecule has 2 atom stereocenters. The second kappa shape index (κ2) is 3.75. The lowest BCUT2D eigenvalue weighted by atomic mass is 10.0. The number of fused-ring (bicyclic) bond motifs is 1. The molecule has 2 heteroatoms. The second-order valence-electron chi connectivity index (χ2n) is 4.27. The van der Waals surface area contributed by atoms with E-state index in [9.17, 15) is 0 Å². The number of rotatable bonds is 4. The van der Waals surface area contributed by atoms with Gasteiger partial charge in [-0.15, -0.1) is 0 Å². The Labute approximate surface area is 74.9 Å². The Kier molecular flexibility index (Phi) is 2.66. The highest BCUT2D eigenvalue weighted by Gasteiger charge is 2.49. The van der Waals surface area contributed by atoms with Crippen LogP contribution in [0.25, 0.3) is 0 Å². The molecule has 3 N–H and O–H groups in total. The summed E-state index contributed by atoms with van der Waals surface area (Å²) in [5.41, 5.74) is 5.42. The molecule has 0 saturated heterocycles. The average Bonchev–Trinajstić information content (AvgIpc) is 2.80. The van der Waals surface area contributed by atoms with Gasteiger partial charge in [-0.05, 0) is 37.1 Å². The third-order valence-electron chi connectivity index (χ3n) is 3.54. The van der Waals surface area contributed by atoms with E-state index in [0.717, 1.165) is 30.8 Å². The fourth-order valence-corrected chi connectivity index (χ4v) is 2.81. The van der Waals surface area contributed by atoms with Gasteiger partial charge in [0.25, 0.3) is 0 Å². The largest absolute Gasteiger partial charge is 0.329 e. The van der Waals surface area contributed by atoms with Crippen molar-refractivity contribution in [3.8, 4) is 0 Å². The summed E-state index contributed by atoms with van der Waals surface area (Å²) >= 11 is 0. The molecule has 2 nitrogen and oxygen atoms in total. The lowest BCUT2D eigenvalue weighted by Gasteiger charge is -2.04. The van der Waals surface area contributed by atoms with E-state index < -0.39 is 0 Å². The Morgan fingerprint density at radius 3 is 2.42 bits per heavy atom. The summed E-state index contributed by atoms with van der Waals surface area (Å²) in [6, 6.07) is 0. The van der Waals surface area contributed by atoms with Crippen molar-refractivity contribution >= 4 is 0 Å². The van der Waals surface area contributed by atoms with E-state index in [-0.39, 0.29) is 0 Å². The van der Waals surface area contributed by atoms with E-state index in [0.29, 0.717) is 0 Å². The lowest BCUT2D eigenvalue weighted by molar-refractivity contribution is 0.480. The number of nitrogens with one attached hydrogen (secondary N) is 1. The zero-order valence-corrected chi connectivity index (χ0v) is 7.76. The minimum atomic E-state index is 0.780. The Hall–Kier alpha value is -0.0800. The Morgan fingerprint density at radius 1 is 1.17 bits per heavy atom. The van der Waals surface area contributed by atoms with Crippen molar-refractivity contribution in [1.82, 2.24) is 5.32 Å². The molecule has 2 aliphatic rings. The van der Waals surface area contributed by atoms with Crippen LogP contribution in [0.4, 0.5) is 0 Å². The van der Waals surface area contributed by atoms with Crippen LogP contribution >= 0.6 is 0 Å². The van der Waals surface area contributed by atoms with Gasteiger partial charge in [0.15, 0.2) is 0 Å². The van der Waals surface area contributed by atoms with Gasteiger partial charge in [0.2, 0.25) is 0 Å². The molecule has 2 unspecified atom stereocenters. The van der Waals surface area contributed by atoms with Crippen LogP contribution in [0, 0.1) is 17.8 Å². The molecule has 0 amide bonds. The van der Waals surface area contributed by atoms with Gasteiger partial charge in [-0.2, -0.15) is 0 Å². The Morgan fingerprint density at radius 2 is 1.83 bits per heavy atom. The van der Waals surface area contributed by atoms with Gasteiger partial charge < -0.3 is 11.1 Å². The summed E-state index contributed by atoms with van der Waals surface area (Å²) < 4.78 is 0.